The maximum atomic E-state index is 11.3. The number of benzene rings is 1. The average Bonchev–Trinajstić information content (AvgIpc) is 2.30. The molecule has 96 valence electrons. The van der Waals surface area contributed by atoms with Crippen LogP contribution in [0.25, 0.3) is 0 Å². The second kappa shape index (κ2) is 6.39. The van der Waals surface area contributed by atoms with Gasteiger partial charge in [0.2, 0.25) is 0 Å². The number of thioether (sulfide) groups is 1. The molecule has 0 unspecified atom stereocenters. The van der Waals surface area contributed by atoms with Crippen LogP contribution in [-0.2, 0) is 19.3 Å². The van der Waals surface area contributed by atoms with Crippen LogP contribution >= 0.6 is 11.8 Å². The summed E-state index contributed by atoms with van der Waals surface area (Å²) in [5, 5.41) is 0. The van der Waals surface area contributed by atoms with Gasteiger partial charge in [0.1, 0.15) is 0 Å². The van der Waals surface area contributed by atoms with Gasteiger partial charge in [-0.1, -0.05) is 0 Å². The Bertz CT molecular complexity index is 435. The number of methoxy groups -OCH3 is 2. The van der Waals surface area contributed by atoms with Crippen LogP contribution in [0.4, 0.5) is 0 Å². The first kappa shape index (κ1) is 14.5. The second-order valence-electron chi connectivity index (χ2n) is 3.46. The van der Waals surface area contributed by atoms with Crippen LogP contribution in [0.2, 0.25) is 0 Å². The Balaban J connectivity index is 2.63. The summed E-state index contributed by atoms with van der Waals surface area (Å²) in [6, 6.07) is 6.77. The number of ether oxygens (including phenoxy) is 2. The zero-order valence-electron chi connectivity index (χ0n) is 10.0. The van der Waals surface area contributed by atoms with Crippen molar-refractivity contribution < 1.29 is 17.9 Å². The van der Waals surface area contributed by atoms with Crippen LogP contribution < -0.4 is 0 Å². The van der Waals surface area contributed by atoms with Gasteiger partial charge in [0.05, 0.1) is 4.90 Å². The minimum atomic E-state index is -3.12. The Morgan fingerprint density at radius 3 is 2.12 bits per heavy atom. The molecule has 0 heterocycles. The summed E-state index contributed by atoms with van der Waals surface area (Å²) in [7, 11) is 0.0508. The molecule has 4 nitrogen and oxygen atoms in total. The Labute approximate surface area is 106 Å². The van der Waals surface area contributed by atoms with E-state index < -0.39 is 9.84 Å². The lowest BCUT2D eigenvalue weighted by Crippen LogP contribution is -2.15. The Morgan fingerprint density at radius 2 is 1.71 bits per heavy atom. The van der Waals surface area contributed by atoms with E-state index in [0.717, 1.165) is 4.90 Å². The molecule has 0 saturated heterocycles. The molecular weight excluding hydrogens is 260 g/mol. The van der Waals surface area contributed by atoms with Gasteiger partial charge >= 0.3 is 0 Å². The first-order chi connectivity index (χ1) is 7.97. The molecule has 0 spiro atoms. The molecule has 0 amide bonds. The third-order valence-electron chi connectivity index (χ3n) is 2.16. The predicted octanol–water partition coefficient (Wildman–Crippen LogP) is 1.80. The van der Waals surface area contributed by atoms with Crippen LogP contribution in [0.15, 0.2) is 34.1 Å². The molecule has 17 heavy (non-hydrogen) atoms. The summed E-state index contributed by atoms with van der Waals surface area (Å²) < 4.78 is 32.6. The topological polar surface area (TPSA) is 52.6 Å². The zero-order valence-corrected chi connectivity index (χ0v) is 11.7. The van der Waals surface area contributed by atoms with Crippen LogP contribution in [0.5, 0.6) is 0 Å². The quantitative estimate of drug-likeness (QED) is 0.586. The van der Waals surface area contributed by atoms with E-state index in [0.29, 0.717) is 10.6 Å². The summed E-state index contributed by atoms with van der Waals surface area (Å²) in [6.07, 6.45) is 0.940. The Kier molecular flexibility index (Phi) is 5.45. The standard InChI is InChI=1S/C11H16O4S2/c1-14-11(15-2)8-16-9-4-6-10(7-5-9)17(3,12)13/h4-7,11H,8H2,1-3H3. The highest BCUT2D eigenvalue weighted by atomic mass is 32.2. The molecule has 1 aromatic rings. The number of hydrogen-bond donors (Lipinski definition) is 0. The van der Waals surface area contributed by atoms with Gasteiger partial charge in [-0.25, -0.2) is 8.42 Å². The minimum Gasteiger partial charge on any atom is -0.355 e. The van der Waals surface area contributed by atoms with Crippen molar-refractivity contribution in [3.63, 3.8) is 0 Å². The maximum absolute atomic E-state index is 11.3. The fraction of sp³-hybridized carbons (Fsp3) is 0.455. The Hall–Kier alpha value is -0.560. The first-order valence-corrected chi connectivity index (χ1v) is 7.83. The molecule has 6 heteroatoms. The summed E-state index contributed by atoms with van der Waals surface area (Å²) in [5.41, 5.74) is 0. The normalized spacial score (nSPS) is 12.0. The molecule has 0 aliphatic heterocycles. The fourth-order valence-electron chi connectivity index (χ4n) is 1.18. The van der Waals surface area contributed by atoms with Crippen LogP contribution in [-0.4, -0.2) is 40.9 Å². The smallest absolute Gasteiger partial charge is 0.175 e. The molecule has 0 aliphatic rings. The molecule has 0 atom stereocenters. The molecule has 0 saturated carbocycles. The van der Waals surface area contributed by atoms with Crippen molar-refractivity contribution in [2.75, 3.05) is 26.2 Å². The van der Waals surface area contributed by atoms with Crippen molar-refractivity contribution in [3.8, 4) is 0 Å². The molecule has 1 rings (SSSR count). The minimum absolute atomic E-state index is 0.255. The van der Waals surface area contributed by atoms with Crippen LogP contribution in [0.3, 0.4) is 0 Å². The Morgan fingerprint density at radius 1 is 1.18 bits per heavy atom. The van der Waals surface area contributed by atoms with E-state index in [1.165, 1.54) is 6.26 Å². The monoisotopic (exact) mass is 276 g/mol. The first-order valence-electron chi connectivity index (χ1n) is 4.96. The summed E-state index contributed by atoms with van der Waals surface area (Å²) >= 11 is 1.55. The van der Waals surface area contributed by atoms with Gasteiger partial charge in [0.15, 0.2) is 16.1 Å². The van der Waals surface area contributed by atoms with Gasteiger partial charge < -0.3 is 9.47 Å². The molecule has 0 aliphatic carbocycles. The lowest BCUT2D eigenvalue weighted by Gasteiger charge is -2.12. The van der Waals surface area contributed by atoms with Crippen molar-refractivity contribution in [1.29, 1.82) is 0 Å². The van der Waals surface area contributed by atoms with Gasteiger partial charge in [-0.05, 0) is 24.3 Å². The highest BCUT2D eigenvalue weighted by Crippen LogP contribution is 2.21. The number of sulfone groups is 1. The predicted molar refractivity (Wildman–Crippen MR) is 68.1 cm³/mol. The molecule has 1 aromatic carbocycles. The van der Waals surface area contributed by atoms with Gasteiger partial charge in [0, 0.05) is 31.1 Å². The third kappa shape index (κ3) is 4.67. The van der Waals surface area contributed by atoms with Gasteiger partial charge in [0.25, 0.3) is 0 Å². The average molecular weight is 276 g/mol. The lowest BCUT2D eigenvalue weighted by molar-refractivity contribution is -0.0842. The van der Waals surface area contributed by atoms with E-state index >= 15 is 0 Å². The zero-order chi connectivity index (χ0) is 12.9. The van der Waals surface area contributed by atoms with Gasteiger partial charge in [-0.2, -0.15) is 0 Å². The van der Waals surface area contributed by atoms with E-state index in [1.807, 2.05) is 0 Å². The summed E-state index contributed by atoms with van der Waals surface area (Å²) in [5.74, 6) is 0.658. The number of rotatable bonds is 6. The molecule has 0 radical (unpaired) electrons. The van der Waals surface area contributed by atoms with Crippen molar-refractivity contribution >= 4 is 21.6 Å². The number of hydrogen-bond acceptors (Lipinski definition) is 5. The van der Waals surface area contributed by atoms with E-state index in [1.54, 1.807) is 50.2 Å². The molecule has 0 bridgehead atoms. The van der Waals surface area contributed by atoms with Crippen molar-refractivity contribution in [2.24, 2.45) is 0 Å². The molecule has 0 aromatic heterocycles. The van der Waals surface area contributed by atoms with E-state index in [9.17, 15) is 8.42 Å². The van der Waals surface area contributed by atoms with Crippen LogP contribution in [0.1, 0.15) is 0 Å². The van der Waals surface area contributed by atoms with E-state index in [4.69, 9.17) is 9.47 Å². The fourth-order valence-corrected chi connectivity index (χ4v) is 2.74. The second-order valence-corrected chi connectivity index (χ2v) is 6.56. The maximum Gasteiger partial charge on any atom is 0.175 e. The summed E-state index contributed by atoms with van der Waals surface area (Å²) in [4.78, 5) is 1.31. The third-order valence-corrected chi connectivity index (χ3v) is 4.34. The van der Waals surface area contributed by atoms with E-state index in [2.05, 4.69) is 0 Å². The van der Waals surface area contributed by atoms with Crippen molar-refractivity contribution in [1.82, 2.24) is 0 Å². The van der Waals surface area contributed by atoms with Crippen LogP contribution in [0, 0.1) is 0 Å². The molecular formula is C11H16O4S2. The van der Waals surface area contributed by atoms with Crippen molar-refractivity contribution in [3.05, 3.63) is 24.3 Å². The molecule has 0 fully saturated rings. The lowest BCUT2D eigenvalue weighted by atomic mass is 10.4. The van der Waals surface area contributed by atoms with Gasteiger partial charge in [-0.3, -0.25) is 0 Å². The molecule has 0 N–H and O–H groups in total. The highest BCUT2D eigenvalue weighted by molar-refractivity contribution is 7.99. The van der Waals surface area contributed by atoms with Gasteiger partial charge in [-0.15, -0.1) is 11.8 Å². The highest BCUT2D eigenvalue weighted by Gasteiger charge is 2.08. The van der Waals surface area contributed by atoms with E-state index in [-0.39, 0.29) is 6.29 Å². The van der Waals surface area contributed by atoms with Crippen molar-refractivity contribution in [2.45, 2.75) is 16.1 Å². The SMILES string of the molecule is COC(CSc1ccc(S(C)(=O)=O)cc1)OC. The largest absolute Gasteiger partial charge is 0.355 e. The summed E-state index contributed by atoms with van der Waals surface area (Å²) in [6.45, 7) is 0.